The largest absolute Gasteiger partial charge is 0.207 e. The Morgan fingerprint density at radius 2 is 2.13 bits per heavy atom. The highest BCUT2D eigenvalue weighted by molar-refractivity contribution is 8.00. The van der Waals surface area contributed by atoms with Crippen LogP contribution in [-0.4, -0.2) is 10.2 Å². The van der Waals surface area contributed by atoms with Crippen LogP contribution in [0.2, 0.25) is 4.47 Å². The van der Waals surface area contributed by atoms with Crippen molar-refractivity contribution in [2.45, 2.75) is 16.6 Å². The lowest BCUT2D eigenvalue weighted by Crippen LogP contribution is -1.91. The number of fused-ring (bicyclic) bond motifs is 1. The Hall–Kier alpha value is -0.580. The molecule has 1 atom stereocenters. The zero-order valence-corrected chi connectivity index (χ0v) is 10.1. The van der Waals surface area contributed by atoms with Crippen molar-refractivity contribution in [3.8, 4) is 0 Å². The van der Waals surface area contributed by atoms with Crippen LogP contribution >= 0.6 is 34.7 Å². The van der Waals surface area contributed by atoms with Gasteiger partial charge in [-0.15, -0.1) is 22.0 Å². The van der Waals surface area contributed by atoms with Gasteiger partial charge in [-0.2, -0.15) is 0 Å². The Bertz CT molecular complexity index is 473. The van der Waals surface area contributed by atoms with Crippen molar-refractivity contribution in [3.63, 3.8) is 0 Å². The molecule has 1 aromatic carbocycles. The maximum Gasteiger partial charge on any atom is 0.207 e. The molecular weight excluding hydrogens is 248 g/mol. The molecule has 0 bridgehead atoms. The normalized spacial score (nSPS) is 19.1. The summed E-state index contributed by atoms with van der Waals surface area (Å²) >= 11 is 9.12. The Morgan fingerprint density at radius 3 is 2.87 bits per heavy atom. The highest BCUT2D eigenvalue weighted by Crippen LogP contribution is 2.47. The molecule has 0 saturated heterocycles. The highest BCUT2D eigenvalue weighted by atomic mass is 35.5. The molecule has 0 radical (unpaired) electrons. The summed E-state index contributed by atoms with van der Waals surface area (Å²) in [5.74, 6) is 0. The lowest BCUT2D eigenvalue weighted by atomic mass is 10.1. The number of benzene rings is 1. The van der Waals surface area contributed by atoms with Gasteiger partial charge in [0.1, 0.15) is 5.01 Å². The van der Waals surface area contributed by atoms with Gasteiger partial charge in [0.15, 0.2) is 0 Å². The second-order valence-corrected chi connectivity index (χ2v) is 6.15. The number of thioether (sulfide) groups is 1. The number of aromatic nitrogens is 2. The summed E-state index contributed by atoms with van der Waals surface area (Å²) in [6, 6.07) is 8.48. The zero-order valence-electron chi connectivity index (χ0n) is 7.68. The van der Waals surface area contributed by atoms with Crippen LogP contribution in [-0.2, 0) is 6.42 Å². The number of nitrogens with zero attached hydrogens (tertiary/aromatic N) is 2. The lowest BCUT2D eigenvalue weighted by molar-refractivity contribution is 0.896. The molecule has 5 heteroatoms. The summed E-state index contributed by atoms with van der Waals surface area (Å²) in [5, 5.41) is 9.37. The van der Waals surface area contributed by atoms with E-state index >= 15 is 0 Å². The third-order valence-electron chi connectivity index (χ3n) is 2.34. The van der Waals surface area contributed by atoms with Crippen LogP contribution < -0.4 is 0 Å². The Labute approximate surface area is 101 Å². The van der Waals surface area contributed by atoms with Crippen LogP contribution in [0.5, 0.6) is 0 Å². The van der Waals surface area contributed by atoms with Crippen molar-refractivity contribution < 1.29 is 0 Å². The van der Waals surface area contributed by atoms with Crippen molar-refractivity contribution in [2.24, 2.45) is 0 Å². The SMILES string of the molecule is Clc1nnc(C2Cc3ccccc3S2)s1. The Balaban J connectivity index is 1.90. The molecule has 0 fully saturated rings. The van der Waals surface area contributed by atoms with Gasteiger partial charge in [-0.1, -0.05) is 29.5 Å². The molecule has 1 unspecified atom stereocenters. The monoisotopic (exact) mass is 254 g/mol. The van der Waals surface area contributed by atoms with Crippen molar-refractivity contribution in [3.05, 3.63) is 39.3 Å². The molecule has 1 aliphatic heterocycles. The van der Waals surface area contributed by atoms with Crippen LogP contribution in [0, 0.1) is 0 Å². The summed E-state index contributed by atoms with van der Waals surface area (Å²) in [6.07, 6.45) is 1.03. The molecule has 2 nitrogen and oxygen atoms in total. The molecule has 1 aromatic heterocycles. The van der Waals surface area contributed by atoms with Gasteiger partial charge in [-0.05, 0) is 29.7 Å². The molecule has 0 amide bonds. The fraction of sp³-hybridized carbons (Fsp3) is 0.200. The van der Waals surface area contributed by atoms with Crippen molar-refractivity contribution >= 4 is 34.7 Å². The number of halogens is 1. The van der Waals surface area contributed by atoms with Crippen molar-refractivity contribution in [1.82, 2.24) is 10.2 Å². The van der Waals surface area contributed by atoms with Gasteiger partial charge in [0.05, 0.1) is 5.25 Å². The molecule has 0 aliphatic carbocycles. The minimum absolute atomic E-state index is 0.396. The first-order chi connectivity index (χ1) is 7.33. The minimum Gasteiger partial charge on any atom is -0.141 e. The van der Waals surface area contributed by atoms with E-state index in [4.69, 9.17) is 11.6 Å². The maximum absolute atomic E-state index is 5.79. The topological polar surface area (TPSA) is 25.8 Å². The van der Waals surface area contributed by atoms with Gasteiger partial charge in [-0.3, -0.25) is 0 Å². The van der Waals surface area contributed by atoms with E-state index < -0.39 is 0 Å². The molecular formula is C10H7ClN2S2. The first-order valence-corrected chi connectivity index (χ1v) is 6.64. The van der Waals surface area contributed by atoms with Crippen LogP contribution in [0.25, 0.3) is 0 Å². The fourth-order valence-electron chi connectivity index (χ4n) is 1.67. The molecule has 3 rings (SSSR count). The molecule has 0 saturated carbocycles. The number of hydrogen-bond acceptors (Lipinski definition) is 4. The third kappa shape index (κ3) is 1.77. The van der Waals surface area contributed by atoms with E-state index in [0.29, 0.717) is 9.72 Å². The maximum atomic E-state index is 5.79. The van der Waals surface area contributed by atoms with E-state index in [1.807, 2.05) is 11.8 Å². The van der Waals surface area contributed by atoms with Gasteiger partial charge in [0.25, 0.3) is 0 Å². The number of rotatable bonds is 1. The minimum atomic E-state index is 0.396. The summed E-state index contributed by atoms with van der Waals surface area (Å²) in [6.45, 7) is 0. The lowest BCUT2D eigenvalue weighted by Gasteiger charge is -2.00. The Kier molecular flexibility index (Phi) is 2.42. The molecule has 2 heterocycles. The number of hydrogen-bond donors (Lipinski definition) is 0. The van der Waals surface area contributed by atoms with E-state index in [1.165, 1.54) is 21.8 Å². The van der Waals surface area contributed by atoms with Gasteiger partial charge in [0.2, 0.25) is 4.47 Å². The molecule has 1 aliphatic rings. The average molecular weight is 255 g/mol. The fourth-order valence-corrected chi connectivity index (χ4v) is 3.96. The van der Waals surface area contributed by atoms with E-state index in [2.05, 4.69) is 34.5 Å². The average Bonchev–Trinajstić information content (AvgIpc) is 2.82. The quantitative estimate of drug-likeness (QED) is 0.778. The van der Waals surface area contributed by atoms with Crippen LogP contribution in [0.3, 0.4) is 0 Å². The van der Waals surface area contributed by atoms with Gasteiger partial charge >= 0.3 is 0 Å². The summed E-state index contributed by atoms with van der Waals surface area (Å²) in [5.41, 5.74) is 1.40. The van der Waals surface area contributed by atoms with Crippen molar-refractivity contribution in [1.29, 1.82) is 0 Å². The first kappa shape index (κ1) is 9.63. The van der Waals surface area contributed by atoms with Crippen molar-refractivity contribution in [2.75, 3.05) is 0 Å². The van der Waals surface area contributed by atoms with E-state index in [1.54, 1.807) is 0 Å². The van der Waals surface area contributed by atoms with Crippen LogP contribution in [0.15, 0.2) is 29.2 Å². The van der Waals surface area contributed by atoms with E-state index in [-0.39, 0.29) is 0 Å². The Morgan fingerprint density at radius 1 is 1.27 bits per heavy atom. The second kappa shape index (κ2) is 3.77. The van der Waals surface area contributed by atoms with Crippen LogP contribution in [0.1, 0.15) is 15.8 Å². The smallest absolute Gasteiger partial charge is 0.141 e. The standard InChI is InChI=1S/C10H7ClN2S2/c11-10-13-12-9(15-10)8-5-6-3-1-2-4-7(6)14-8/h1-4,8H,5H2. The van der Waals surface area contributed by atoms with E-state index in [0.717, 1.165) is 11.4 Å². The van der Waals surface area contributed by atoms with Crippen LogP contribution in [0.4, 0.5) is 0 Å². The predicted octanol–water partition coefficient (Wildman–Crippen LogP) is 3.58. The summed E-state index contributed by atoms with van der Waals surface area (Å²) in [7, 11) is 0. The summed E-state index contributed by atoms with van der Waals surface area (Å²) in [4.78, 5) is 1.36. The highest BCUT2D eigenvalue weighted by Gasteiger charge is 2.26. The molecule has 76 valence electrons. The van der Waals surface area contributed by atoms with Gasteiger partial charge in [0, 0.05) is 4.90 Å². The van der Waals surface area contributed by atoms with Gasteiger partial charge < -0.3 is 0 Å². The van der Waals surface area contributed by atoms with E-state index in [9.17, 15) is 0 Å². The zero-order chi connectivity index (χ0) is 10.3. The second-order valence-electron chi connectivity index (χ2n) is 3.31. The molecule has 2 aromatic rings. The first-order valence-electron chi connectivity index (χ1n) is 4.56. The third-order valence-corrected chi connectivity index (χ3v) is 4.95. The summed E-state index contributed by atoms with van der Waals surface area (Å²) < 4.78 is 0.529. The molecule has 0 N–H and O–H groups in total. The molecule has 15 heavy (non-hydrogen) atoms. The molecule has 0 spiro atoms. The predicted molar refractivity (Wildman–Crippen MR) is 63.7 cm³/mol. The van der Waals surface area contributed by atoms with Gasteiger partial charge in [-0.25, -0.2) is 0 Å².